The van der Waals surface area contributed by atoms with E-state index in [2.05, 4.69) is 38.3 Å². The van der Waals surface area contributed by atoms with Gasteiger partial charge in [0.2, 0.25) is 5.91 Å². The third kappa shape index (κ3) is 6.59. The van der Waals surface area contributed by atoms with Crippen LogP contribution < -0.4 is 10.6 Å². The zero-order valence-corrected chi connectivity index (χ0v) is 12.6. The second-order valence-electron chi connectivity index (χ2n) is 6.13. The molecule has 18 heavy (non-hydrogen) atoms. The Hall–Kier alpha value is -1.10. The van der Waals surface area contributed by atoms with Crippen molar-refractivity contribution in [1.29, 1.82) is 0 Å². The molecule has 106 valence electrons. The van der Waals surface area contributed by atoms with Gasteiger partial charge in [0.15, 0.2) is 0 Å². The van der Waals surface area contributed by atoms with E-state index in [0.717, 1.165) is 0 Å². The molecule has 2 N–H and O–H groups in total. The maximum absolute atomic E-state index is 11.7. The molecule has 0 aromatic carbocycles. The zero-order valence-electron chi connectivity index (χ0n) is 12.6. The summed E-state index contributed by atoms with van der Waals surface area (Å²) in [6.45, 7) is 12.3. The van der Waals surface area contributed by atoms with Gasteiger partial charge in [-0.1, -0.05) is 20.8 Å². The van der Waals surface area contributed by atoms with Gasteiger partial charge in [0, 0.05) is 12.1 Å². The molecular weight excluding hydrogens is 230 g/mol. The van der Waals surface area contributed by atoms with Crippen LogP contribution in [0.25, 0.3) is 0 Å². The van der Waals surface area contributed by atoms with E-state index >= 15 is 0 Å². The SMILES string of the molecule is CC(C)NC(=O)NC(=O)CN(C)[C@@H](C)C(C)(C)C. The third-order valence-corrected chi connectivity index (χ3v) is 2.98. The first-order chi connectivity index (χ1) is 8.04. The van der Waals surface area contributed by atoms with E-state index < -0.39 is 6.03 Å². The van der Waals surface area contributed by atoms with Gasteiger partial charge in [0.25, 0.3) is 0 Å². The van der Waals surface area contributed by atoms with E-state index in [9.17, 15) is 9.59 Å². The monoisotopic (exact) mass is 257 g/mol. The van der Waals surface area contributed by atoms with E-state index in [0.29, 0.717) is 0 Å². The fourth-order valence-electron chi connectivity index (χ4n) is 1.49. The highest BCUT2D eigenvalue weighted by atomic mass is 16.2. The molecule has 0 bridgehead atoms. The first kappa shape index (κ1) is 16.9. The largest absolute Gasteiger partial charge is 0.336 e. The highest BCUT2D eigenvalue weighted by Crippen LogP contribution is 2.22. The van der Waals surface area contributed by atoms with Crippen LogP contribution in [-0.2, 0) is 4.79 Å². The Morgan fingerprint density at radius 2 is 1.67 bits per heavy atom. The van der Waals surface area contributed by atoms with Crippen molar-refractivity contribution in [1.82, 2.24) is 15.5 Å². The van der Waals surface area contributed by atoms with Crippen LogP contribution in [0, 0.1) is 5.41 Å². The fourth-order valence-corrected chi connectivity index (χ4v) is 1.49. The van der Waals surface area contributed by atoms with E-state index in [1.165, 1.54) is 0 Å². The lowest BCUT2D eigenvalue weighted by molar-refractivity contribution is -0.121. The number of amides is 3. The summed E-state index contributed by atoms with van der Waals surface area (Å²) >= 11 is 0. The number of carbonyl (C=O) groups excluding carboxylic acids is 2. The highest BCUT2D eigenvalue weighted by Gasteiger charge is 2.25. The van der Waals surface area contributed by atoms with Gasteiger partial charge in [0.1, 0.15) is 0 Å². The Kier molecular flexibility index (Phi) is 6.32. The van der Waals surface area contributed by atoms with Crippen molar-refractivity contribution in [2.75, 3.05) is 13.6 Å². The van der Waals surface area contributed by atoms with Crippen molar-refractivity contribution in [2.45, 2.75) is 53.6 Å². The molecule has 0 aromatic heterocycles. The molecular formula is C13H27N3O2. The van der Waals surface area contributed by atoms with Crippen molar-refractivity contribution in [3.05, 3.63) is 0 Å². The minimum Gasteiger partial charge on any atom is -0.336 e. The molecule has 5 nitrogen and oxygen atoms in total. The van der Waals surface area contributed by atoms with Gasteiger partial charge < -0.3 is 5.32 Å². The predicted octanol–water partition coefficient (Wildman–Crippen LogP) is 1.59. The van der Waals surface area contributed by atoms with Crippen LogP contribution >= 0.6 is 0 Å². The molecule has 0 aliphatic carbocycles. The lowest BCUT2D eigenvalue weighted by Crippen LogP contribution is -2.48. The normalized spacial score (nSPS) is 13.6. The number of hydrogen-bond donors (Lipinski definition) is 2. The lowest BCUT2D eigenvalue weighted by Gasteiger charge is -2.34. The van der Waals surface area contributed by atoms with Crippen LogP contribution in [0.1, 0.15) is 41.5 Å². The van der Waals surface area contributed by atoms with Gasteiger partial charge >= 0.3 is 6.03 Å². The average molecular weight is 257 g/mol. The molecule has 0 radical (unpaired) electrons. The van der Waals surface area contributed by atoms with Crippen molar-refractivity contribution < 1.29 is 9.59 Å². The van der Waals surface area contributed by atoms with Crippen LogP contribution in [0.5, 0.6) is 0 Å². The number of nitrogens with zero attached hydrogens (tertiary/aromatic N) is 1. The summed E-state index contributed by atoms with van der Waals surface area (Å²) in [5, 5.41) is 4.93. The van der Waals surface area contributed by atoms with Gasteiger partial charge in [-0.3, -0.25) is 15.0 Å². The van der Waals surface area contributed by atoms with E-state index in [4.69, 9.17) is 0 Å². The molecule has 0 heterocycles. The molecule has 0 spiro atoms. The Morgan fingerprint density at radius 1 is 1.17 bits per heavy atom. The van der Waals surface area contributed by atoms with Crippen LogP contribution in [0.3, 0.4) is 0 Å². The first-order valence-corrected chi connectivity index (χ1v) is 6.34. The average Bonchev–Trinajstić information content (AvgIpc) is 2.12. The summed E-state index contributed by atoms with van der Waals surface area (Å²) in [7, 11) is 1.88. The fraction of sp³-hybridized carbons (Fsp3) is 0.846. The summed E-state index contributed by atoms with van der Waals surface area (Å²) in [6.07, 6.45) is 0. The quantitative estimate of drug-likeness (QED) is 0.804. The Morgan fingerprint density at radius 3 is 2.06 bits per heavy atom. The molecule has 0 saturated carbocycles. The molecule has 0 fully saturated rings. The predicted molar refractivity (Wildman–Crippen MR) is 73.4 cm³/mol. The Labute approximate surface area is 110 Å². The molecule has 0 aliphatic heterocycles. The van der Waals surface area contributed by atoms with E-state index in [1.807, 2.05) is 25.8 Å². The molecule has 5 heteroatoms. The number of carbonyl (C=O) groups is 2. The van der Waals surface area contributed by atoms with E-state index in [-0.39, 0.29) is 30.0 Å². The Bertz CT molecular complexity index is 295. The topological polar surface area (TPSA) is 61.4 Å². The lowest BCUT2D eigenvalue weighted by atomic mass is 9.87. The van der Waals surface area contributed by atoms with E-state index in [1.54, 1.807) is 0 Å². The number of hydrogen-bond acceptors (Lipinski definition) is 3. The number of nitrogens with one attached hydrogen (secondary N) is 2. The van der Waals surface area contributed by atoms with Crippen molar-refractivity contribution in [3.63, 3.8) is 0 Å². The minimum absolute atomic E-state index is 0.0176. The Balaban J connectivity index is 4.21. The minimum atomic E-state index is -0.438. The molecule has 1 atom stereocenters. The maximum atomic E-state index is 11.7. The molecule has 0 unspecified atom stereocenters. The summed E-state index contributed by atoms with van der Waals surface area (Å²) in [5.41, 5.74) is 0.0925. The van der Waals surface area contributed by atoms with Crippen molar-refractivity contribution in [2.24, 2.45) is 5.41 Å². The number of imide groups is 1. The molecule has 0 aromatic rings. The first-order valence-electron chi connectivity index (χ1n) is 6.34. The summed E-state index contributed by atoms with van der Waals surface area (Å²) in [4.78, 5) is 25.0. The molecule has 3 amide bonds. The van der Waals surface area contributed by atoms with Crippen LogP contribution in [0.4, 0.5) is 4.79 Å². The summed E-state index contributed by atoms with van der Waals surface area (Å²) < 4.78 is 0. The van der Waals surface area contributed by atoms with Gasteiger partial charge in [0.05, 0.1) is 6.54 Å². The van der Waals surface area contributed by atoms with Crippen molar-refractivity contribution >= 4 is 11.9 Å². The van der Waals surface area contributed by atoms with Crippen LogP contribution in [0.2, 0.25) is 0 Å². The van der Waals surface area contributed by atoms with Crippen molar-refractivity contribution in [3.8, 4) is 0 Å². The molecule has 0 aliphatic rings. The van der Waals surface area contributed by atoms with Crippen LogP contribution in [-0.4, -0.2) is 42.5 Å². The summed E-state index contributed by atoms with van der Waals surface area (Å²) in [6, 6.07) is -0.174. The highest BCUT2D eigenvalue weighted by molar-refractivity contribution is 5.95. The third-order valence-electron chi connectivity index (χ3n) is 2.98. The van der Waals surface area contributed by atoms with Crippen LogP contribution in [0.15, 0.2) is 0 Å². The second kappa shape index (κ2) is 6.73. The molecule has 0 rings (SSSR count). The standard InChI is InChI=1S/C13H27N3O2/c1-9(2)14-12(18)15-11(17)8-16(7)10(3)13(4,5)6/h9-10H,8H2,1-7H3,(H2,14,15,17,18)/t10-/m0/s1. The van der Waals surface area contributed by atoms with Gasteiger partial charge in [-0.15, -0.1) is 0 Å². The maximum Gasteiger partial charge on any atom is 0.321 e. The van der Waals surface area contributed by atoms with Gasteiger partial charge in [-0.2, -0.15) is 0 Å². The zero-order chi connectivity index (χ0) is 14.5. The second-order valence-corrected chi connectivity index (χ2v) is 6.13. The number of rotatable bonds is 4. The number of urea groups is 1. The number of likely N-dealkylation sites (N-methyl/N-ethyl adjacent to an activating group) is 1. The van der Waals surface area contributed by atoms with Gasteiger partial charge in [-0.25, -0.2) is 4.79 Å². The van der Waals surface area contributed by atoms with Gasteiger partial charge in [-0.05, 0) is 33.2 Å². The summed E-state index contributed by atoms with van der Waals surface area (Å²) in [5.74, 6) is -0.285. The smallest absolute Gasteiger partial charge is 0.321 e. The molecule has 0 saturated heterocycles.